The van der Waals surface area contributed by atoms with Crippen molar-refractivity contribution in [1.82, 2.24) is 4.90 Å². The minimum absolute atomic E-state index is 0.0167. The number of hydrogen-bond donors (Lipinski definition) is 2. The van der Waals surface area contributed by atoms with Crippen LogP contribution in [0.4, 0.5) is 0 Å². The third-order valence-corrected chi connectivity index (χ3v) is 5.45. The standard InChI is InChI=1S/C22H21Cl2NO5/c1-3-4-8-25-18(12-6-5-7-14(26)9-12)17(20(28)22(25)29)19(27)15-10-13(23)11-16(24)21(15)30-2/h5-7,9-11,18,26-27H,3-4,8H2,1-2H3/b19-17+. The van der Waals surface area contributed by atoms with E-state index in [0.717, 1.165) is 6.42 Å². The number of likely N-dealkylation sites (tertiary alicyclic amines) is 1. The fourth-order valence-corrected chi connectivity index (χ4v) is 4.14. The molecule has 8 heteroatoms. The number of aliphatic hydroxyl groups excluding tert-OH is 1. The molecule has 1 fully saturated rings. The fourth-order valence-electron chi connectivity index (χ4n) is 3.57. The number of nitrogens with zero attached hydrogens (tertiary/aromatic N) is 1. The summed E-state index contributed by atoms with van der Waals surface area (Å²) in [5, 5.41) is 21.5. The van der Waals surface area contributed by atoms with Crippen LogP contribution in [0.2, 0.25) is 10.0 Å². The number of amides is 1. The highest BCUT2D eigenvalue weighted by Crippen LogP contribution is 2.43. The average molecular weight is 450 g/mol. The molecule has 1 amide bonds. The quantitative estimate of drug-likeness (QED) is 0.370. The second kappa shape index (κ2) is 8.98. The molecule has 0 bridgehead atoms. The first kappa shape index (κ1) is 22.0. The highest BCUT2D eigenvalue weighted by atomic mass is 35.5. The number of benzene rings is 2. The molecule has 1 unspecified atom stereocenters. The zero-order chi connectivity index (χ0) is 22.0. The zero-order valence-corrected chi connectivity index (χ0v) is 18.0. The molecule has 2 aromatic rings. The van der Waals surface area contributed by atoms with E-state index in [1.54, 1.807) is 12.1 Å². The van der Waals surface area contributed by atoms with Crippen LogP contribution in [0.25, 0.3) is 5.76 Å². The number of aromatic hydroxyl groups is 1. The number of unbranched alkanes of at least 4 members (excludes halogenated alkanes) is 1. The number of phenolic OH excluding ortho intramolecular Hbond substituents is 1. The molecule has 0 aliphatic carbocycles. The van der Waals surface area contributed by atoms with Crippen LogP contribution in [-0.4, -0.2) is 40.5 Å². The van der Waals surface area contributed by atoms with Gasteiger partial charge in [-0.3, -0.25) is 9.59 Å². The highest BCUT2D eigenvalue weighted by Gasteiger charge is 2.46. The van der Waals surface area contributed by atoms with Crippen LogP contribution in [-0.2, 0) is 9.59 Å². The van der Waals surface area contributed by atoms with Crippen molar-refractivity contribution >= 4 is 40.7 Å². The molecule has 0 radical (unpaired) electrons. The Hall–Kier alpha value is -2.70. The van der Waals surface area contributed by atoms with Crippen molar-refractivity contribution in [2.24, 2.45) is 0 Å². The summed E-state index contributed by atoms with van der Waals surface area (Å²) in [4.78, 5) is 27.2. The lowest BCUT2D eigenvalue weighted by molar-refractivity contribution is -0.139. The van der Waals surface area contributed by atoms with Gasteiger partial charge in [-0.05, 0) is 36.2 Å². The first-order valence-electron chi connectivity index (χ1n) is 9.40. The molecule has 158 valence electrons. The van der Waals surface area contributed by atoms with Crippen LogP contribution < -0.4 is 4.74 Å². The van der Waals surface area contributed by atoms with E-state index in [1.807, 2.05) is 6.92 Å². The topological polar surface area (TPSA) is 87.1 Å². The largest absolute Gasteiger partial charge is 0.508 e. The van der Waals surface area contributed by atoms with E-state index in [-0.39, 0.29) is 32.7 Å². The lowest BCUT2D eigenvalue weighted by Gasteiger charge is -2.25. The van der Waals surface area contributed by atoms with Gasteiger partial charge in [-0.1, -0.05) is 48.7 Å². The molecule has 1 atom stereocenters. The van der Waals surface area contributed by atoms with E-state index in [4.69, 9.17) is 27.9 Å². The van der Waals surface area contributed by atoms with Gasteiger partial charge in [-0.25, -0.2) is 0 Å². The van der Waals surface area contributed by atoms with E-state index < -0.39 is 23.5 Å². The number of ketones is 1. The van der Waals surface area contributed by atoms with Crippen LogP contribution in [0.5, 0.6) is 11.5 Å². The van der Waals surface area contributed by atoms with Crippen molar-refractivity contribution < 1.29 is 24.5 Å². The van der Waals surface area contributed by atoms with Crippen molar-refractivity contribution in [3.63, 3.8) is 0 Å². The zero-order valence-electron chi connectivity index (χ0n) is 16.5. The Labute approximate surface area is 184 Å². The Kier molecular flexibility index (Phi) is 6.58. The molecule has 0 aromatic heterocycles. The van der Waals surface area contributed by atoms with Gasteiger partial charge in [0.05, 0.1) is 29.3 Å². The Morgan fingerprint density at radius 2 is 1.93 bits per heavy atom. The molecular weight excluding hydrogens is 429 g/mol. The van der Waals surface area contributed by atoms with Crippen LogP contribution in [0.15, 0.2) is 42.0 Å². The highest BCUT2D eigenvalue weighted by molar-refractivity contribution is 6.46. The van der Waals surface area contributed by atoms with Crippen LogP contribution in [0.1, 0.15) is 36.9 Å². The molecule has 1 heterocycles. The molecule has 2 N–H and O–H groups in total. The van der Waals surface area contributed by atoms with Gasteiger partial charge in [0.15, 0.2) is 0 Å². The summed E-state index contributed by atoms with van der Waals surface area (Å²) in [5.74, 6) is -1.87. The third-order valence-electron chi connectivity index (χ3n) is 4.95. The van der Waals surface area contributed by atoms with Crippen molar-refractivity contribution in [1.29, 1.82) is 0 Å². The molecule has 1 saturated heterocycles. The van der Waals surface area contributed by atoms with Gasteiger partial charge >= 0.3 is 0 Å². The molecule has 2 aromatic carbocycles. The molecule has 30 heavy (non-hydrogen) atoms. The number of rotatable bonds is 6. The van der Waals surface area contributed by atoms with E-state index >= 15 is 0 Å². The molecule has 0 saturated carbocycles. The summed E-state index contributed by atoms with van der Waals surface area (Å²) >= 11 is 12.3. The maximum atomic E-state index is 13.0. The summed E-state index contributed by atoms with van der Waals surface area (Å²) in [7, 11) is 1.37. The fraction of sp³-hybridized carbons (Fsp3) is 0.273. The predicted octanol–water partition coefficient (Wildman–Crippen LogP) is 4.93. The van der Waals surface area contributed by atoms with Gasteiger partial charge in [0.1, 0.15) is 17.3 Å². The average Bonchev–Trinajstić information content (AvgIpc) is 2.96. The number of aliphatic hydroxyl groups is 1. The summed E-state index contributed by atoms with van der Waals surface area (Å²) < 4.78 is 5.29. The van der Waals surface area contributed by atoms with E-state index in [9.17, 15) is 19.8 Å². The molecule has 3 rings (SSSR count). The smallest absolute Gasteiger partial charge is 0.295 e. The van der Waals surface area contributed by atoms with Gasteiger partial charge < -0.3 is 19.8 Å². The normalized spacial score (nSPS) is 18.1. The summed E-state index contributed by atoms with van der Waals surface area (Å²) in [5.41, 5.74) is 0.492. The number of methoxy groups -OCH3 is 1. The number of carbonyl (C=O) groups excluding carboxylic acids is 2. The number of carbonyl (C=O) groups is 2. The second-order valence-electron chi connectivity index (χ2n) is 6.91. The lowest BCUT2D eigenvalue weighted by Crippen LogP contribution is -2.30. The number of phenols is 1. The molecule has 1 aliphatic rings. The minimum atomic E-state index is -0.869. The maximum absolute atomic E-state index is 13.0. The Morgan fingerprint density at radius 3 is 2.57 bits per heavy atom. The summed E-state index contributed by atoms with van der Waals surface area (Å²) in [6.45, 7) is 2.30. The van der Waals surface area contributed by atoms with Crippen molar-refractivity contribution in [3.05, 3.63) is 63.1 Å². The number of ether oxygens (including phenoxy) is 1. The van der Waals surface area contributed by atoms with Crippen LogP contribution >= 0.6 is 23.2 Å². The molecule has 0 spiro atoms. The predicted molar refractivity (Wildman–Crippen MR) is 115 cm³/mol. The molecular formula is C22H21Cl2NO5. The van der Waals surface area contributed by atoms with Crippen LogP contribution in [0.3, 0.4) is 0 Å². The summed E-state index contributed by atoms with van der Waals surface area (Å²) in [6.07, 6.45) is 1.49. The van der Waals surface area contributed by atoms with Gasteiger partial charge in [-0.15, -0.1) is 0 Å². The van der Waals surface area contributed by atoms with Gasteiger partial charge in [-0.2, -0.15) is 0 Å². The van der Waals surface area contributed by atoms with E-state index in [2.05, 4.69) is 0 Å². The first-order chi connectivity index (χ1) is 14.3. The Morgan fingerprint density at radius 1 is 1.20 bits per heavy atom. The van der Waals surface area contributed by atoms with Gasteiger partial charge in [0, 0.05) is 11.6 Å². The SMILES string of the molecule is CCCCN1C(=O)C(=O)/C(=C(/O)c2cc(Cl)cc(Cl)c2OC)C1c1cccc(O)c1. The summed E-state index contributed by atoms with van der Waals surface area (Å²) in [6, 6.07) is 8.25. The monoisotopic (exact) mass is 449 g/mol. The maximum Gasteiger partial charge on any atom is 0.295 e. The minimum Gasteiger partial charge on any atom is -0.508 e. The van der Waals surface area contributed by atoms with Gasteiger partial charge in [0.2, 0.25) is 0 Å². The van der Waals surface area contributed by atoms with Crippen molar-refractivity contribution in [3.8, 4) is 11.5 Å². The second-order valence-corrected chi connectivity index (χ2v) is 7.75. The Bertz CT molecular complexity index is 1030. The van der Waals surface area contributed by atoms with Crippen molar-refractivity contribution in [2.75, 3.05) is 13.7 Å². The van der Waals surface area contributed by atoms with Crippen molar-refractivity contribution in [2.45, 2.75) is 25.8 Å². The number of hydrogen-bond acceptors (Lipinski definition) is 5. The lowest BCUT2D eigenvalue weighted by atomic mass is 9.94. The first-order valence-corrected chi connectivity index (χ1v) is 10.2. The van der Waals surface area contributed by atoms with Crippen LogP contribution in [0, 0.1) is 0 Å². The molecule has 1 aliphatic heterocycles. The number of halogens is 2. The van der Waals surface area contributed by atoms with Gasteiger partial charge in [0.25, 0.3) is 11.7 Å². The third kappa shape index (κ3) is 3.98. The van der Waals surface area contributed by atoms with E-state index in [1.165, 1.54) is 36.3 Å². The Balaban J connectivity index is 2.27. The van der Waals surface area contributed by atoms with E-state index in [0.29, 0.717) is 18.5 Å². The molecule has 6 nitrogen and oxygen atoms in total. The number of Topliss-reactive ketones (excluding diaryl/α,β-unsaturated/α-hetero) is 1.